The lowest BCUT2D eigenvalue weighted by molar-refractivity contribution is 0.0678. The van der Waals surface area contributed by atoms with Gasteiger partial charge in [0.1, 0.15) is 11.5 Å². The predicted octanol–water partition coefficient (Wildman–Crippen LogP) is 4.37. The van der Waals surface area contributed by atoms with Crippen LogP contribution >= 0.6 is 0 Å². The van der Waals surface area contributed by atoms with E-state index in [1.165, 1.54) is 6.42 Å². The molecule has 1 aliphatic carbocycles. The molecule has 1 heterocycles. The number of rotatable bonds is 3. The van der Waals surface area contributed by atoms with Crippen molar-refractivity contribution < 1.29 is 4.42 Å². The molecule has 2 rings (SSSR count). The van der Waals surface area contributed by atoms with Crippen LogP contribution in [-0.4, -0.2) is 18.0 Å². The zero-order valence-corrected chi connectivity index (χ0v) is 14.0. The summed E-state index contributed by atoms with van der Waals surface area (Å²) >= 11 is 0. The van der Waals surface area contributed by atoms with Crippen molar-refractivity contribution >= 4 is 0 Å². The van der Waals surface area contributed by atoms with E-state index in [1.54, 1.807) is 0 Å². The number of aryl methyl sites for hydroxylation is 1. The third-order valence-corrected chi connectivity index (χ3v) is 4.97. The second-order valence-electron chi connectivity index (χ2n) is 7.61. The summed E-state index contributed by atoms with van der Waals surface area (Å²) in [7, 11) is 2.12. The van der Waals surface area contributed by atoms with Crippen LogP contribution in [0.1, 0.15) is 51.6 Å². The van der Waals surface area contributed by atoms with Crippen LogP contribution in [0.4, 0.5) is 0 Å². The van der Waals surface area contributed by atoms with E-state index in [2.05, 4.69) is 38.8 Å². The molecule has 21 heavy (non-hydrogen) atoms. The van der Waals surface area contributed by atoms with Gasteiger partial charge >= 0.3 is 0 Å². The van der Waals surface area contributed by atoms with Gasteiger partial charge < -0.3 is 4.42 Å². The van der Waals surface area contributed by atoms with Crippen molar-refractivity contribution in [1.29, 1.82) is 5.26 Å². The van der Waals surface area contributed by atoms with E-state index in [4.69, 9.17) is 4.42 Å². The van der Waals surface area contributed by atoms with Crippen LogP contribution in [0.5, 0.6) is 0 Å². The van der Waals surface area contributed by atoms with Gasteiger partial charge in [-0.05, 0) is 56.7 Å². The van der Waals surface area contributed by atoms with Gasteiger partial charge in [0, 0.05) is 6.04 Å². The Hall–Kier alpha value is -1.27. The molecule has 1 fully saturated rings. The summed E-state index contributed by atoms with van der Waals surface area (Å²) in [5.41, 5.74) is 0.320. The minimum Gasteiger partial charge on any atom is -0.465 e. The van der Waals surface area contributed by atoms with E-state index >= 15 is 0 Å². The Morgan fingerprint density at radius 1 is 1.33 bits per heavy atom. The quantitative estimate of drug-likeness (QED) is 0.829. The largest absolute Gasteiger partial charge is 0.465 e. The highest BCUT2D eigenvalue weighted by atomic mass is 16.3. The van der Waals surface area contributed by atoms with Gasteiger partial charge in [-0.1, -0.05) is 20.8 Å². The van der Waals surface area contributed by atoms with E-state index in [0.29, 0.717) is 17.4 Å². The first-order valence-corrected chi connectivity index (χ1v) is 7.96. The molecule has 0 N–H and O–H groups in total. The first-order chi connectivity index (χ1) is 9.81. The maximum absolute atomic E-state index is 9.47. The molecule has 0 aliphatic heterocycles. The van der Waals surface area contributed by atoms with Crippen LogP contribution < -0.4 is 0 Å². The van der Waals surface area contributed by atoms with Crippen molar-refractivity contribution in [1.82, 2.24) is 4.90 Å². The Balaban J connectivity index is 2.08. The van der Waals surface area contributed by atoms with E-state index in [1.807, 2.05) is 19.1 Å². The van der Waals surface area contributed by atoms with Crippen molar-refractivity contribution in [3.05, 3.63) is 23.7 Å². The summed E-state index contributed by atoms with van der Waals surface area (Å²) in [6.45, 7) is 9.71. The van der Waals surface area contributed by atoms with Gasteiger partial charge in [0.15, 0.2) is 0 Å². The summed E-state index contributed by atoms with van der Waals surface area (Å²) in [5.74, 6) is 2.77. The second-order valence-corrected chi connectivity index (χ2v) is 7.61. The van der Waals surface area contributed by atoms with Crippen LogP contribution in [0.3, 0.4) is 0 Å². The van der Waals surface area contributed by atoms with Gasteiger partial charge in [0.05, 0.1) is 18.5 Å². The molecular weight excluding hydrogens is 260 g/mol. The third kappa shape index (κ3) is 3.89. The van der Waals surface area contributed by atoms with Gasteiger partial charge in [-0.3, -0.25) is 4.90 Å². The molecule has 1 aliphatic rings. The lowest BCUT2D eigenvalue weighted by Gasteiger charge is -2.43. The number of furan rings is 1. The lowest BCUT2D eigenvalue weighted by atomic mass is 9.68. The molecule has 0 radical (unpaired) electrons. The Morgan fingerprint density at radius 2 is 2.05 bits per heavy atom. The maximum Gasteiger partial charge on any atom is 0.118 e. The molecule has 3 atom stereocenters. The fourth-order valence-corrected chi connectivity index (χ4v) is 3.50. The number of nitriles is 1. The normalized spacial score (nSPS) is 26.8. The summed E-state index contributed by atoms with van der Waals surface area (Å²) in [6.07, 6.45) is 3.30. The predicted molar refractivity (Wildman–Crippen MR) is 84.6 cm³/mol. The number of hydrogen-bond acceptors (Lipinski definition) is 3. The Labute approximate surface area is 128 Å². The van der Waals surface area contributed by atoms with Crippen LogP contribution in [-0.2, 0) is 6.54 Å². The molecule has 3 heteroatoms. The molecular formula is C18H28N2O. The monoisotopic (exact) mass is 288 g/mol. The zero-order chi connectivity index (χ0) is 15.6. The summed E-state index contributed by atoms with van der Waals surface area (Å²) in [4.78, 5) is 2.31. The van der Waals surface area contributed by atoms with Crippen LogP contribution in [0.2, 0.25) is 0 Å². The molecule has 0 saturated heterocycles. The summed E-state index contributed by atoms with van der Waals surface area (Å²) in [6, 6.07) is 6.90. The highest BCUT2D eigenvalue weighted by Gasteiger charge is 2.37. The van der Waals surface area contributed by atoms with Crippen LogP contribution in [0.25, 0.3) is 0 Å². The molecule has 0 amide bonds. The third-order valence-electron chi connectivity index (χ3n) is 4.97. The fourth-order valence-electron chi connectivity index (χ4n) is 3.50. The molecule has 1 aromatic heterocycles. The van der Waals surface area contributed by atoms with Crippen molar-refractivity contribution in [2.75, 3.05) is 7.05 Å². The van der Waals surface area contributed by atoms with E-state index < -0.39 is 0 Å². The van der Waals surface area contributed by atoms with Crippen LogP contribution in [0, 0.1) is 35.5 Å². The van der Waals surface area contributed by atoms with Crippen molar-refractivity contribution in [3.8, 4) is 6.07 Å². The maximum atomic E-state index is 9.47. The van der Waals surface area contributed by atoms with Gasteiger partial charge in [-0.2, -0.15) is 5.26 Å². The highest BCUT2D eigenvalue weighted by Crippen LogP contribution is 2.41. The van der Waals surface area contributed by atoms with Gasteiger partial charge in [0.25, 0.3) is 0 Å². The number of nitrogens with zero attached hydrogens (tertiary/aromatic N) is 2. The lowest BCUT2D eigenvalue weighted by Crippen LogP contribution is -2.43. The topological polar surface area (TPSA) is 40.2 Å². The zero-order valence-electron chi connectivity index (χ0n) is 14.0. The first kappa shape index (κ1) is 16.1. The van der Waals surface area contributed by atoms with E-state index in [0.717, 1.165) is 30.9 Å². The molecule has 0 aromatic carbocycles. The average molecular weight is 288 g/mol. The van der Waals surface area contributed by atoms with Gasteiger partial charge in [-0.15, -0.1) is 0 Å². The Bertz CT molecular complexity index is 506. The fraction of sp³-hybridized carbons (Fsp3) is 0.722. The van der Waals surface area contributed by atoms with Gasteiger partial charge in [0.2, 0.25) is 0 Å². The standard InChI is InChI=1S/C18H28N2O/c1-13-6-9-16(21-13)12-20(5)17-10-15(18(2,3)4)8-7-14(17)11-19/h6,9,14-15,17H,7-8,10,12H2,1-5H3. The average Bonchev–Trinajstić information content (AvgIpc) is 2.82. The second kappa shape index (κ2) is 6.23. The summed E-state index contributed by atoms with van der Waals surface area (Å²) < 4.78 is 5.68. The highest BCUT2D eigenvalue weighted by molar-refractivity contribution is 5.06. The van der Waals surface area contributed by atoms with Crippen molar-refractivity contribution in [3.63, 3.8) is 0 Å². The van der Waals surface area contributed by atoms with E-state index in [9.17, 15) is 5.26 Å². The first-order valence-electron chi connectivity index (χ1n) is 7.96. The van der Waals surface area contributed by atoms with Crippen LogP contribution in [0.15, 0.2) is 16.5 Å². The smallest absolute Gasteiger partial charge is 0.118 e. The molecule has 1 aromatic rings. The summed E-state index contributed by atoms with van der Waals surface area (Å²) in [5, 5.41) is 9.47. The minimum atomic E-state index is 0.143. The Morgan fingerprint density at radius 3 is 2.57 bits per heavy atom. The van der Waals surface area contributed by atoms with Crippen molar-refractivity contribution in [2.24, 2.45) is 17.3 Å². The molecule has 3 nitrogen and oxygen atoms in total. The SMILES string of the molecule is Cc1ccc(CN(C)C2CC(C(C)(C)C)CCC2C#N)o1. The molecule has 116 valence electrons. The molecule has 3 unspecified atom stereocenters. The van der Waals surface area contributed by atoms with Crippen molar-refractivity contribution in [2.45, 2.75) is 59.5 Å². The van der Waals surface area contributed by atoms with E-state index in [-0.39, 0.29) is 5.92 Å². The molecule has 0 bridgehead atoms. The Kier molecular flexibility index (Phi) is 4.78. The molecule has 1 saturated carbocycles. The van der Waals surface area contributed by atoms with Gasteiger partial charge in [-0.25, -0.2) is 0 Å². The number of hydrogen-bond donors (Lipinski definition) is 0. The minimum absolute atomic E-state index is 0.143. The molecule has 0 spiro atoms.